The van der Waals surface area contributed by atoms with Gasteiger partial charge in [0.25, 0.3) is 5.56 Å². The highest BCUT2D eigenvalue weighted by Crippen LogP contribution is 2.36. The van der Waals surface area contributed by atoms with Gasteiger partial charge in [0.05, 0.1) is 35.8 Å². The monoisotopic (exact) mass is 370 g/mol. The van der Waals surface area contributed by atoms with Crippen LogP contribution in [0.2, 0.25) is 0 Å². The van der Waals surface area contributed by atoms with Gasteiger partial charge >= 0.3 is 0 Å². The maximum Gasteiger partial charge on any atom is 0.261 e. The van der Waals surface area contributed by atoms with Gasteiger partial charge in [0, 0.05) is 19.0 Å². The largest absolute Gasteiger partial charge is 0.383 e. The number of benzene rings is 1. The molecule has 0 saturated carbocycles. The molecule has 1 saturated heterocycles. The van der Waals surface area contributed by atoms with E-state index in [4.69, 9.17) is 9.72 Å². The van der Waals surface area contributed by atoms with Crippen LogP contribution in [0.5, 0.6) is 0 Å². The Balaban J connectivity index is 1.84. The van der Waals surface area contributed by atoms with Crippen molar-refractivity contribution in [3.63, 3.8) is 0 Å². The van der Waals surface area contributed by atoms with Crippen LogP contribution < -0.4 is 10.5 Å². The zero-order valence-corrected chi connectivity index (χ0v) is 15.8. The molecule has 4 rings (SSSR count). The highest BCUT2D eigenvalue weighted by atomic mass is 32.1. The molecule has 0 aliphatic carbocycles. The molecule has 26 heavy (non-hydrogen) atoms. The lowest BCUT2D eigenvalue weighted by Crippen LogP contribution is -2.33. The standard InChI is InChI=1S/C19H22N4O2S/c1-13-12-26-19(20-13)22-9-5-8-16(22)17-21-15-7-4-3-6-14(15)18(24)23(17)10-11-25-2/h3-4,6-7,12,16H,5,8-11H2,1-2H3. The Bertz CT molecular complexity index is 981. The van der Waals surface area contributed by atoms with Crippen molar-refractivity contribution in [3.05, 3.63) is 51.5 Å². The van der Waals surface area contributed by atoms with Crippen LogP contribution in [0.15, 0.2) is 34.4 Å². The number of hydrogen-bond donors (Lipinski definition) is 0. The summed E-state index contributed by atoms with van der Waals surface area (Å²) in [7, 11) is 1.65. The number of fused-ring (bicyclic) bond motifs is 1. The molecule has 0 N–H and O–H groups in total. The highest BCUT2D eigenvalue weighted by molar-refractivity contribution is 7.13. The van der Waals surface area contributed by atoms with Gasteiger partial charge in [-0.25, -0.2) is 9.97 Å². The molecule has 1 fully saturated rings. The molecule has 2 aromatic heterocycles. The summed E-state index contributed by atoms with van der Waals surface area (Å²) in [6, 6.07) is 7.62. The summed E-state index contributed by atoms with van der Waals surface area (Å²) in [5.41, 5.74) is 1.78. The fourth-order valence-electron chi connectivity index (χ4n) is 3.58. The van der Waals surface area contributed by atoms with Gasteiger partial charge in [-0.05, 0) is 31.9 Å². The summed E-state index contributed by atoms with van der Waals surface area (Å²) in [5.74, 6) is 0.816. The van der Waals surface area contributed by atoms with E-state index in [2.05, 4.69) is 15.3 Å². The average molecular weight is 370 g/mol. The van der Waals surface area contributed by atoms with E-state index in [9.17, 15) is 4.79 Å². The number of para-hydroxylation sites is 1. The number of thiazole rings is 1. The van der Waals surface area contributed by atoms with Gasteiger partial charge in [-0.1, -0.05) is 12.1 Å². The van der Waals surface area contributed by atoms with Crippen molar-refractivity contribution in [1.29, 1.82) is 0 Å². The molecule has 6 nitrogen and oxygen atoms in total. The first kappa shape index (κ1) is 17.2. The van der Waals surface area contributed by atoms with E-state index in [0.717, 1.165) is 41.6 Å². The summed E-state index contributed by atoms with van der Waals surface area (Å²) in [6.45, 7) is 3.93. The molecule has 3 heterocycles. The Morgan fingerprint density at radius 1 is 1.31 bits per heavy atom. The van der Waals surface area contributed by atoms with E-state index in [-0.39, 0.29) is 11.6 Å². The predicted octanol–water partition coefficient (Wildman–Crippen LogP) is 3.15. The molecule has 0 bridgehead atoms. The second kappa shape index (κ2) is 7.17. The topological polar surface area (TPSA) is 60.2 Å². The van der Waals surface area contributed by atoms with E-state index in [1.165, 1.54) is 0 Å². The summed E-state index contributed by atoms with van der Waals surface area (Å²) in [6.07, 6.45) is 2.03. The maximum absolute atomic E-state index is 13.1. The minimum absolute atomic E-state index is 0.00446. The molecule has 0 spiro atoms. The number of ether oxygens (including phenoxy) is 1. The molecule has 1 aliphatic rings. The molecule has 7 heteroatoms. The first-order valence-corrected chi connectivity index (χ1v) is 9.74. The van der Waals surface area contributed by atoms with E-state index < -0.39 is 0 Å². The third kappa shape index (κ3) is 3.01. The fraction of sp³-hybridized carbons (Fsp3) is 0.421. The van der Waals surface area contributed by atoms with E-state index in [0.29, 0.717) is 18.5 Å². The van der Waals surface area contributed by atoms with E-state index in [1.54, 1.807) is 23.0 Å². The third-order valence-corrected chi connectivity index (χ3v) is 5.81. The van der Waals surface area contributed by atoms with Crippen LogP contribution in [0.3, 0.4) is 0 Å². The van der Waals surface area contributed by atoms with Crippen LogP contribution in [-0.4, -0.2) is 34.8 Å². The minimum atomic E-state index is 0.00446. The van der Waals surface area contributed by atoms with Gasteiger partial charge in [0.15, 0.2) is 5.13 Å². The SMILES string of the molecule is COCCn1c(C2CCCN2c2nc(C)cs2)nc2ccccc2c1=O. The first-order valence-electron chi connectivity index (χ1n) is 8.86. The van der Waals surface area contributed by atoms with Crippen molar-refractivity contribution in [2.45, 2.75) is 32.4 Å². The first-order chi connectivity index (χ1) is 12.7. The number of rotatable bonds is 5. The zero-order valence-electron chi connectivity index (χ0n) is 15.0. The molecule has 1 unspecified atom stereocenters. The van der Waals surface area contributed by atoms with Crippen LogP contribution >= 0.6 is 11.3 Å². The maximum atomic E-state index is 13.1. The van der Waals surface area contributed by atoms with Crippen LogP contribution in [0, 0.1) is 6.92 Å². The Labute approximate surface area is 156 Å². The number of hydrogen-bond acceptors (Lipinski definition) is 6. The van der Waals surface area contributed by atoms with Crippen molar-refractivity contribution < 1.29 is 4.74 Å². The second-order valence-corrected chi connectivity index (χ2v) is 7.40. The van der Waals surface area contributed by atoms with Crippen molar-refractivity contribution >= 4 is 27.4 Å². The molecular weight excluding hydrogens is 348 g/mol. The fourth-order valence-corrected chi connectivity index (χ4v) is 4.46. The summed E-state index contributed by atoms with van der Waals surface area (Å²) in [5, 5.41) is 3.73. The Morgan fingerprint density at radius 2 is 2.15 bits per heavy atom. The Hall–Kier alpha value is -2.25. The zero-order chi connectivity index (χ0) is 18.1. The van der Waals surface area contributed by atoms with Crippen molar-refractivity contribution in [1.82, 2.24) is 14.5 Å². The van der Waals surface area contributed by atoms with Gasteiger partial charge in [-0.3, -0.25) is 9.36 Å². The molecule has 0 radical (unpaired) electrons. The van der Waals surface area contributed by atoms with Gasteiger partial charge in [0.2, 0.25) is 0 Å². The molecule has 1 aliphatic heterocycles. The number of methoxy groups -OCH3 is 1. The molecule has 136 valence electrons. The van der Waals surface area contributed by atoms with Crippen molar-refractivity contribution in [2.24, 2.45) is 0 Å². The van der Waals surface area contributed by atoms with Crippen LogP contribution in [-0.2, 0) is 11.3 Å². The molecule has 1 aromatic carbocycles. The summed E-state index contributed by atoms with van der Waals surface area (Å²) >= 11 is 1.65. The number of aromatic nitrogens is 3. The lowest BCUT2D eigenvalue weighted by atomic mass is 10.1. The smallest absolute Gasteiger partial charge is 0.261 e. The van der Waals surface area contributed by atoms with Gasteiger partial charge < -0.3 is 9.64 Å². The van der Waals surface area contributed by atoms with Crippen molar-refractivity contribution in [3.8, 4) is 0 Å². The Kier molecular flexibility index (Phi) is 4.74. The quantitative estimate of drug-likeness (QED) is 0.690. The molecule has 0 amide bonds. The summed E-state index contributed by atoms with van der Waals surface area (Å²) in [4.78, 5) is 24.9. The van der Waals surface area contributed by atoms with Gasteiger partial charge in [0.1, 0.15) is 5.82 Å². The highest BCUT2D eigenvalue weighted by Gasteiger charge is 2.32. The van der Waals surface area contributed by atoms with Gasteiger partial charge in [-0.2, -0.15) is 0 Å². The minimum Gasteiger partial charge on any atom is -0.383 e. The van der Waals surface area contributed by atoms with E-state index in [1.807, 2.05) is 31.2 Å². The summed E-state index contributed by atoms with van der Waals surface area (Å²) < 4.78 is 7.02. The predicted molar refractivity (Wildman–Crippen MR) is 104 cm³/mol. The normalized spacial score (nSPS) is 17.3. The van der Waals surface area contributed by atoms with Crippen LogP contribution in [0.25, 0.3) is 10.9 Å². The number of anilines is 1. The number of nitrogens with zero attached hydrogens (tertiary/aromatic N) is 4. The lowest BCUT2D eigenvalue weighted by Gasteiger charge is -2.26. The van der Waals surface area contributed by atoms with Crippen LogP contribution in [0.1, 0.15) is 30.4 Å². The van der Waals surface area contributed by atoms with Crippen molar-refractivity contribution in [2.75, 3.05) is 25.2 Å². The Morgan fingerprint density at radius 3 is 2.92 bits per heavy atom. The second-order valence-electron chi connectivity index (χ2n) is 6.56. The molecule has 3 aromatic rings. The molecule has 1 atom stereocenters. The van der Waals surface area contributed by atoms with Gasteiger partial charge in [-0.15, -0.1) is 11.3 Å². The van der Waals surface area contributed by atoms with Crippen LogP contribution in [0.4, 0.5) is 5.13 Å². The lowest BCUT2D eigenvalue weighted by molar-refractivity contribution is 0.184. The van der Waals surface area contributed by atoms with E-state index >= 15 is 0 Å². The third-order valence-electron chi connectivity index (χ3n) is 4.81. The number of aryl methyl sites for hydroxylation is 1. The average Bonchev–Trinajstić information content (AvgIpc) is 3.29. The molecular formula is C19H22N4O2S.